The molecular weight excluding hydrogens is 272 g/mol. The Hall–Kier alpha value is -2.21. The lowest BCUT2D eigenvalue weighted by Gasteiger charge is -2.07. The summed E-state index contributed by atoms with van der Waals surface area (Å²) in [5.74, 6) is 1.39. The Morgan fingerprint density at radius 2 is 2.20 bits per heavy atom. The van der Waals surface area contributed by atoms with Gasteiger partial charge < -0.3 is 9.88 Å². The zero-order valence-electron chi connectivity index (χ0n) is 11.3. The SMILES string of the molecule is CNc1cc(C)nc(Cn2ccc3sccc3c2=O)n1. The molecule has 0 bridgehead atoms. The number of pyridine rings is 1. The number of hydrogen-bond donors (Lipinski definition) is 1. The maximum atomic E-state index is 12.3. The topological polar surface area (TPSA) is 59.8 Å². The fraction of sp³-hybridized carbons (Fsp3) is 0.214. The molecule has 0 atom stereocenters. The summed E-state index contributed by atoms with van der Waals surface area (Å²) in [5, 5.41) is 5.68. The largest absolute Gasteiger partial charge is 0.373 e. The van der Waals surface area contributed by atoms with Gasteiger partial charge >= 0.3 is 0 Å². The fourth-order valence-corrected chi connectivity index (χ4v) is 2.88. The van der Waals surface area contributed by atoms with Crippen LogP contribution in [0.1, 0.15) is 11.5 Å². The van der Waals surface area contributed by atoms with Crippen molar-refractivity contribution in [2.75, 3.05) is 12.4 Å². The molecule has 20 heavy (non-hydrogen) atoms. The van der Waals surface area contributed by atoms with Gasteiger partial charge in [-0.3, -0.25) is 4.79 Å². The maximum absolute atomic E-state index is 12.3. The molecule has 5 nitrogen and oxygen atoms in total. The van der Waals surface area contributed by atoms with Gasteiger partial charge in [-0.25, -0.2) is 9.97 Å². The average molecular weight is 286 g/mol. The number of anilines is 1. The second-order valence-electron chi connectivity index (χ2n) is 4.51. The highest BCUT2D eigenvalue weighted by Crippen LogP contribution is 2.16. The summed E-state index contributed by atoms with van der Waals surface area (Å²) < 4.78 is 2.65. The van der Waals surface area contributed by atoms with Gasteiger partial charge in [0.15, 0.2) is 5.82 Å². The molecule has 0 amide bonds. The Kier molecular flexibility index (Phi) is 3.23. The lowest BCUT2D eigenvalue weighted by Crippen LogP contribution is -2.21. The first-order valence-corrected chi connectivity index (χ1v) is 7.14. The Morgan fingerprint density at radius 1 is 1.35 bits per heavy atom. The quantitative estimate of drug-likeness (QED) is 0.802. The minimum absolute atomic E-state index is 0.000126. The van der Waals surface area contributed by atoms with Crippen molar-refractivity contribution >= 4 is 27.2 Å². The minimum atomic E-state index is -0.000126. The Morgan fingerprint density at radius 3 is 3.00 bits per heavy atom. The maximum Gasteiger partial charge on any atom is 0.259 e. The van der Waals surface area contributed by atoms with Crippen molar-refractivity contribution in [1.82, 2.24) is 14.5 Å². The Labute approximate surface area is 119 Å². The third-order valence-electron chi connectivity index (χ3n) is 3.06. The van der Waals surface area contributed by atoms with Crippen molar-refractivity contribution in [3.8, 4) is 0 Å². The predicted molar refractivity (Wildman–Crippen MR) is 81.5 cm³/mol. The molecule has 0 radical (unpaired) electrons. The Bertz CT molecular complexity index is 821. The molecule has 0 aliphatic rings. The zero-order chi connectivity index (χ0) is 14.1. The van der Waals surface area contributed by atoms with Crippen LogP contribution in [-0.2, 0) is 6.54 Å². The van der Waals surface area contributed by atoms with Crippen LogP contribution in [0.15, 0.2) is 34.6 Å². The van der Waals surface area contributed by atoms with Gasteiger partial charge in [-0.1, -0.05) is 0 Å². The molecule has 0 saturated heterocycles. The van der Waals surface area contributed by atoms with Crippen LogP contribution in [0.4, 0.5) is 5.82 Å². The van der Waals surface area contributed by atoms with Crippen LogP contribution >= 0.6 is 11.3 Å². The monoisotopic (exact) mass is 286 g/mol. The number of nitrogens with zero attached hydrogens (tertiary/aromatic N) is 3. The minimum Gasteiger partial charge on any atom is -0.373 e. The summed E-state index contributed by atoms with van der Waals surface area (Å²) in [6, 6.07) is 5.68. The summed E-state index contributed by atoms with van der Waals surface area (Å²) in [5.41, 5.74) is 0.879. The molecule has 3 rings (SSSR count). The molecule has 0 aliphatic carbocycles. The molecule has 3 aromatic rings. The van der Waals surface area contributed by atoms with Gasteiger partial charge in [-0.15, -0.1) is 11.3 Å². The van der Waals surface area contributed by atoms with E-state index >= 15 is 0 Å². The predicted octanol–water partition coefficient (Wildman–Crippen LogP) is 2.25. The van der Waals surface area contributed by atoms with E-state index < -0.39 is 0 Å². The number of nitrogens with one attached hydrogen (secondary N) is 1. The summed E-state index contributed by atoms with van der Waals surface area (Å²) in [7, 11) is 1.81. The van der Waals surface area contributed by atoms with Gasteiger partial charge in [-0.05, 0) is 24.4 Å². The number of fused-ring (bicyclic) bond motifs is 1. The number of aromatic nitrogens is 3. The first-order valence-electron chi connectivity index (χ1n) is 6.26. The standard InChI is InChI=1S/C14H14N4OS/c1-9-7-12(15-2)17-13(16-9)8-18-5-3-11-10(14(18)19)4-6-20-11/h3-7H,8H2,1-2H3,(H,15,16,17). The van der Waals surface area contributed by atoms with Gasteiger partial charge in [0.05, 0.1) is 11.9 Å². The molecular formula is C14H14N4OS. The normalized spacial score (nSPS) is 10.9. The number of hydrogen-bond acceptors (Lipinski definition) is 5. The van der Waals surface area contributed by atoms with Crippen molar-refractivity contribution in [3.63, 3.8) is 0 Å². The van der Waals surface area contributed by atoms with Crippen LogP contribution < -0.4 is 10.9 Å². The lowest BCUT2D eigenvalue weighted by atomic mass is 10.3. The third-order valence-corrected chi connectivity index (χ3v) is 3.94. The average Bonchev–Trinajstić information content (AvgIpc) is 2.90. The highest BCUT2D eigenvalue weighted by Gasteiger charge is 2.07. The summed E-state index contributed by atoms with van der Waals surface area (Å²) >= 11 is 1.57. The fourth-order valence-electron chi connectivity index (χ4n) is 2.11. The van der Waals surface area contributed by atoms with Crippen molar-refractivity contribution in [2.45, 2.75) is 13.5 Å². The molecule has 1 N–H and O–H groups in total. The van der Waals surface area contributed by atoms with Gasteiger partial charge in [0, 0.05) is 29.7 Å². The molecule has 0 spiro atoms. The number of aryl methyl sites for hydroxylation is 1. The number of rotatable bonds is 3. The molecule has 102 valence electrons. The van der Waals surface area contributed by atoms with Crippen LogP contribution in [0.25, 0.3) is 10.1 Å². The first-order chi connectivity index (χ1) is 9.67. The molecule has 0 aliphatic heterocycles. The van der Waals surface area contributed by atoms with E-state index in [0.717, 1.165) is 21.6 Å². The summed E-state index contributed by atoms with van der Waals surface area (Å²) in [4.78, 5) is 21.1. The van der Waals surface area contributed by atoms with E-state index in [9.17, 15) is 4.79 Å². The van der Waals surface area contributed by atoms with Gasteiger partial charge in [0.25, 0.3) is 5.56 Å². The highest BCUT2D eigenvalue weighted by molar-refractivity contribution is 7.17. The molecule has 3 aromatic heterocycles. The van der Waals surface area contributed by atoms with E-state index in [0.29, 0.717) is 12.4 Å². The van der Waals surface area contributed by atoms with E-state index in [4.69, 9.17) is 0 Å². The van der Waals surface area contributed by atoms with E-state index in [1.807, 2.05) is 37.6 Å². The van der Waals surface area contributed by atoms with Gasteiger partial charge in [0.1, 0.15) is 5.82 Å². The van der Waals surface area contributed by atoms with Crippen molar-refractivity contribution < 1.29 is 0 Å². The molecule has 0 saturated carbocycles. The second kappa shape index (κ2) is 5.05. The van der Waals surface area contributed by atoms with E-state index in [2.05, 4.69) is 15.3 Å². The molecule has 6 heteroatoms. The van der Waals surface area contributed by atoms with Gasteiger partial charge in [-0.2, -0.15) is 0 Å². The summed E-state index contributed by atoms with van der Waals surface area (Å²) in [6.07, 6.45) is 1.80. The molecule has 0 aromatic carbocycles. The van der Waals surface area contributed by atoms with Crippen LogP contribution in [0, 0.1) is 6.92 Å². The molecule has 0 fully saturated rings. The van der Waals surface area contributed by atoms with Crippen LogP contribution in [0.2, 0.25) is 0 Å². The van der Waals surface area contributed by atoms with Crippen molar-refractivity contribution in [2.24, 2.45) is 0 Å². The first kappa shape index (κ1) is 12.8. The Balaban J connectivity index is 2.02. The smallest absolute Gasteiger partial charge is 0.259 e. The van der Waals surface area contributed by atoms with Crippen LogP contribution in [-0.4, -0.2) is 21.6 Å². The third kappa shape index (κ3) is 2.30. The molecule has 0 unspecified atom stereocenters. The molecule has 3 heterocycles. The van der Waals surface area contributed by atoms with Crippen molar-refractivity contribution in [3.05, 3.63) is 51.6 Å². The lowest BCUT2D eigenvalue weighted by molar-refractivity contribution is 0.718. The van der Waals surface area contributed by atoms with E-state index in [-0.39, 0.29) is 5.56 Å². The van der Waals surface area contributed by atoms with Crippen LogP contribution in [0.3, 0.4) is 0 Å². The second-order valence-corrected chi connectivity index (χ2v) is 5.46. The van der Waals surface area contributed by atoms with Crippen molar-refractivity contribution in [1.29, 1.82) is 0 Å². The van der Waals surface area contributed by atoms with Gasteiger partial charge in [0.2, 0.25) is 0 Å². The summed E-state index contributed by atoms with van der Waals surface area (Å²) in [6.45, 7) is 2.29. The highest BCUT2D eigenvalue weighted by atomic mass is 32.1. The van der Waals surface area contributed by atoms with E-state index in [1.165, 1.54) is 0 Å². The zero-order valence-corrected chi connectivity index (χ0v) is 12.1. The number of thiophene rings is 1. The van der Waals surface area contributed by atoms with Crippen LogP contribution in [0.5, 0.6) is 0 Å². The van der Waals surface area contributed by atoms with E-state index in [1.54, 1.807) is 22.1 Å².